The summed E-state index contributed by atoms with van der Waals surface area (Å²) in [5.74, 6) is 0.857. The van der Waals surface area contributed by atoms with E-state index in [1.165, 1.54) is 5.56 Å². The van der Waals surface area contributed by atoms with Crippen LogP contribution in [0, 0.1) is 20.8 Å². The van der Waals surface area contributed by atoms with Crippen LogP contribution in [0.25, 0.3) is 0 Å². The van der Waals surface area contributed by atoms with E-state index in [-0.39, 0.29) is 6.03 Å². The second-order valence-electron chi connectivity index (χ2n) is 6.14. The van der Waals surface area contributed by atoms with Crippen LogP contribution in [0.3, 0.4) is 0 Å². The van der Waals surface area contributed by atoms with Crippen LogP contribution in [0.2, 0.25) is 0 Å². The van der Waals surface area contributed by atoms with Crippen molar-refractivity contribution in [2.24, 2.45) is 0 Å². The summed E-state index contributed by atoms with van der Waals surface area (Å²) < 4.78 is 5.65. The number of nitrogens with one attached hydrogen (secondary N) is 1. The minimum absolute atomic E-state index is 0.0928. The van der Waals surface area contributed by atoms with Gasteiger partial charge in [-0.2, -0.15) is 0 Å². The summed E-state index contributed by atoms with van der Waals surface area (Å²) in [5, 5.41) is 3.01. The number of carbonyl (C=O) groups excluding carboxylic acids is 1. The highest BCUT2D eigenvalue weighted by atomic mass is 16.5. The van der Waals surface area contributed by atoms with E-state index in [1.54, 1.807) is 11.9 Å². The van der Waals surface area contributed by atoms with Crippen molar-refractivity contribution in [3.8, 4) is 5.75 Å². The molecule has 4 heteroatoms. The van der Waals surface area contributed by atoms with Gasteiger partial charge in [-0.05, 0) is 50.5 Å². The monoisotopic (exact) mass is 326 g/mol. The number of para-hydroxylation sites is 1. The normalized spacial score (nSPS) is 10.3. The van der Waals surface area contributed by atoms with Gasteiger partial charge >= 0.3 is 6.03 Å². The van der Waals surface area contributed by atoms with Gasteiger partial charge in [0.15, 0.2) is 0 Å². The second-order valence-corrected chi connectivity index (χ2v) is 6.14. The summed E-state index contributed by atoms with van der Waals surface area (Å²) >= 11 is 0. The first kappa shape index (κ1) is 17.9. The van der Waals surface area contributed by atoms with E-state index in [0.717, 1.165) is 29.0 Å². The Labute approximate surface area is 144 Å². The Morgan fingerprint density at radius 3 is 2.33 bits per heavy atom. The third-order valence-corrected chi connectivity index (χ3v) is 3.91. The van der Waals surface area contributed by atoms with Crippen molar-refractivity contribution >= 4 is 11.7 Å². The maximum Gasteiger partial charge on any atom is 0.321 e. The molecule has 24 heavy (non-hydrogen) atoms. The maximum atomic E-state index is 12.3. The molecule has 0 aliphatic rings. The van der Waals surface area contributed by atoms with Crippen molar-refractivity contribution in [3.05, 3.63) is 59.2 Å². The highest BCUT2D eigenvalue weighted by molar-refractivity contribution is 5.91. The molecule has 0 saturated heterocycles. The van der Waals surface area contributed by atoms with Crippen molar-refractivity contribution < 1.29 is 9.53 Å². The molecule has 0 unspecified atom stereocenters. The van der Waals surface area contributed by atoms with E-state index in [4.69, 9.17) is 4.74 Å². The first-order valence-corrected chi connectivity index (χ1v) is 8.25. The van der Waals surface area contributed by atoms with Gasteiger partial charge in [-0.25, -0.2) is 4.79 Å². The molecule has 0 heterocycles. The molecule has 0 fully saturated rings. The number of carbonyl (C=O) groups is 1. The number of ether oxygens (including phenoxy) is 1. The van der Waals surface area contributed by atoms with Crippen LogP contribution < -0.4 is 10.1 Å². The number of hydrogen-bond donors (Lipinski definition) is 1. The standard InChI is InChI=1S/C20H26N2O2/c1-15-13-16(2)19(17(3)14-15)21-20(23)22(4)11-8-12-24-18-9-6-5-7-10-18/h5-7,9-10,13-14H,8,11-12H2,1-4H3,(H,21,23). The van der Waals surface area contributed by atoms with Crippen molar-refractivity contribution in [1.29, 1.82) is 0 Å². The van der Waals surface area contributed by atoms with Crippen LogP contribution in [0.5, 0.6) is 5.75 Å². The predicted octanol–water partition coefficient (Wildman–Crippen LogP) is 4.54. The summed E-state index contributed by atoms with van der Waals surface area (Å²) in [6, 6.07) is 13.8. The zero-order valence-electron chi connectivity index (χ0n) is 14.9. The zero-order chi connectivity index (χ0) is 17.5. The maximum absolute atomic E-state index is 12.3. The lowest BCUT2D eigenvalue weighted by molar-refractivity contribution is 0.216. The van der Waals surface area contributed by atoms with Crippen molar-refractivity contribution in [3.63, 3.8) is 0 Å². The number of nitrogens with zero attached hydrogens (tertiary/aromatic N) is 1. The summed E-state index contributed by atoms with van der Waals surface area (Å²) in [5.41, 5.74) is 4.27. The average Bonchev–Trinajstić information content (AvgIpc) is 2.55. The van der Waals surface area contributed by atoms with Crippen LogP contribution in [0.1, 0.15) is 23.1 Å². The molecule has 2 aromatic rings. The van der Waals surface area contributed by atoms with Crippen molar-refractivity contribution in [1.82, 2.24) is 4.90 Å². The molecule has 2 rings (SSSR count). The summed E-state index contributed by atoms with van der Waals surface area (Å²) in [6.07, 6.45) is 0.782. The lowest BCUT2D eigenvalue weighted by Gasteiger charge is -2.20. The van der Waals surface area contributed by atoms with Gasteiger partial charge in [0.05, 0.1) is 6.61 Å². The minimum Gasteiger partial charge on any atom is -0.494 e. The molecule has 2 amide bonds. The Kier molecular flexibility index (Phi) is 6.24. The van der Waals surface area contributed by atoms with Gasteiger partial charge in [0.25, 0.3) is 0 Å². The Morgan fingerprint density at radius 1 is 1.08 bits per heavy atom. The van der Waals surface area contributed by atoms with Gasteiger partial charge in [0.2, 0.25) is 0 Å². The highest BCUT2D eigenvalue weighted by Crippen LogP contribution is 2.22. The Morgan fingerprint density at radius 2 is 1.71 bits per heavy atom. The molecule has 0 radical (unpaired) electrons. The summed E-state index contributed by atoms with van der Waals surface area (Å²) in [4.78, 5) is 14.0. The van der Waals surface area contributed by atoms with E-state index in [1.807, 2.05) is 44.2 Å². The first-order valence-electron chi connectivity index (χ1n) is 8.25. The van der Waals surface area contributed by atoms with Gasteiger partial charge in [-0.1, -0.05) is 35.9 Å². The van der Waals surface area contributed by atoms with Gasteiger partial charge in [0, 0.05) is 19.3 Å². The first-order chi connectivity index (χ1) is 11.5. The lowest BCUT2D eigenvalue weighted by atomic mass is 10.1. The summed E-state index contributed by atoms with van der Waals surface area (Å²) in [6.45, 7) is 7.32. The number of rotatable bonds is 6. The quantitative estimate of drug-likeness (QED) is 0.792. The van der Waals surface area contributed by atoms with Gasteiger partial charge in [-0.15, -0.1) is 0 Å². The number of anilines is 1. The van der Waals surface area contributed by atoms with Gasteiger partial charge in [-0.3, -0.25) is 0 Å². The highest BCUT2D eigenvalue weighted by Gasteiger charge is 2.12. The van der Waals surface area contributed by atoms with E-state index in [2.05, 4.69) is 24.4 Å². The molecule has 0 spiro atoms. The Balaban J connectivity index is 1.80. The van der Waals surface area contributed by atoms with Crippen LogP contribution in [-0.2, 0) is 0 Å². The second kappa shape index (κ2) is 8.39. The van der Waals surface area contributed by atoms with Crippen LogP contribution in [0.4, 0.5) is 10.5 Å². The average molecular weight is 326 g/mol. The number of aryl methyl sites for hydroxylation is 3. The number of urea groups is 1. The van der Waals surface area contributed by atoms with E-state index in [0.29, 0.717) is 13.2 Å². The predicted molar refractivity (Wildman–Crippen MR) is 98.9 cm³/mol. The van der Waals surface area contributed by atoms with Crippen LogP contribution in [-0.4, -0.2) is 31.1 Å². The summed E-state index contributed by atoms with van der Waals surface area (Å²) in [7, 11) is 1.80. The van der Waals surface area contributed by atoms with E-state index in [9.17, 15) is 4.79 Å². The topological polar surface area (TPSA) is 41.6 Å². The molecular weight excluding hydrogens is 300 g/mol. The van der Waals surface area contributed by atoms with Crippen molar-refractivity contribution in [2.75, 3.05) is 25.5 Å². The molecule has 0 aliphatic heterocycles. The molecule has 0 atom stereocenters. The van der Waals surface area contributed by atoms with E-state index < -0.39 is 0 Å². The fourth-order valence-electron chi connectivity index (χ4n) is 2.69. The number of benzene rings is 2. The van der Waals surface area contributed by atoms with Crippen LogP contribution >= 0.6 is 0 Å². The number of amides is 2. The smallest absolute Gasteiger partial charge is 0.321 e. The zero-order valence-corrected chi connectivity index (χ0v) is 14.9. The third kappa shape index (κ3) is 5.01. The fourth-order valence-corrected chi connectivity index (χ4v) is 2.69. The molecule has 2 aromatic carbocycles. The van der Waals surface area contributed by atoms with Gasteiger partial charge < -0.3 is 15.0 Å². The van der Waals surface area contributed by atoms with Crippen molar-refractivity contribution in [2.45, 2.75) is 27.2 Å². The SMILES string of the molecule is Cc1cc(C)c(NC(=O)N(C)CCCOc2ccccc2)c(C)c1. The molecule has 0 aromatic heterocycles. The number of hydrogen-bond acceptors (Lipinski definition) is 2. The lowest BCUT2D eigenvalue weighted by Crippen LogP contribution is -2.33. The molecular formula is C20H26N2O2. The Bertz CT molecular complexity index is 660. The van der Waals surface area contributed by atoms with Gasteiger partial charge in [0.1, 0.15) is 5.75 Å². The molecule has 128 valence electrons. The largest absolute Gasteiger partial charge is 0.494 e. The fraction of sp³-hybridized carbons (Fsp3) is 0.350. The molecule has 0 bridgehead atoms. The molecule has 1 N–H and O–H groups in total. The van der Waals surface area contributed by atoms with Crippen LogP contribution in [0.15, 0.2) is 42.5 Å². The molecule has 4 nitrogen and oxygen atoms in total. The molecule has 0 aliphatic carbocycles. The van der Waals surface area contributed by atoms with E-state index >= 15 is 0 Å². The minimum atomic E-state index is -0.0928. The Hall–Kier alpha value is -2.49. The third-order valence-electron chi connectivity index (χ3n) is 3.91. The molecule has 0 saturated carbocycles.